The van der Waals surface area contributed by atoms with E-state index in [1.807, 2.05) is 30.3 Å². The highest BCUT2D eigenvalue weighted by Gasteiger charge is 2.32. The lowest BCUT2D eigenvalue weighted by atomic mass is 9.80. The van der Waals surface area contributed by atoms with Crippen LogP contribution in [-0.2, 0) is 25.6 Å². The number of hydrogen-bond donors (Lipinski definition) is 7. The molecular weight excluding hydrogens is 548 g/mol. The SMILES string of the molecule is NCCCC[C@H](NC(=O)[C@@H](CC(=O)[C@@H](CCCN=C(N)N)NC(=O)[C@@H](N)Cc1ccccc1)CC1CCCCC1)C(N)=O. The van der Waals surface area contributed by atoms with Crippen molar-refractivity contribution < 1.29 is 19.2 Å². The molecule has 0 saturated heterocycles. The van der Waals surface area contributed by atoms with Crippen LogP contribution >= 0.6 is 0 Å². The van der Waals surface area contributed by atoms with Gasteiger partial charge in [0.1, 0.15) is 6.04 Å². The number of nitrogens with two attached hydrogens (primary N) is 5. The van der Waals surface area contributed by atoms with Crippen LogP contribution in [0.1, 0.15) is 82.6 Å². The van der Waals surface area contributed by atoms with E-state index in [4.69, 9.17) is 28.7 Å². The van der Waals surface area contributed by atoms with Gasteiger partial charge in [0, 0.05) is 18.9 Å². The summed E-state index contributed by atoms with van der Waals surface area (Å²) in [7, 11) is 0. The summed E-state index contributed by atoms with van der Waals surface area (Å²) < 4.78 is 0. The summed E-state index contributed by atoms with van der Waals surface area (Å²) in [6, 6.07) is 6.82. The minimum atomic E-state index is -0.873. The number of benzene rings is 1. The van der Waals surface area contributed by atoms with Gasteiger partial charge in [-0.15, -0.1) is 0 Å². The number of nitrogens with zero attached hydrogens (tertiary/aromatic N) is 1. The third-order valence-electron chi connectivity index (χ3n) is 8.05. The highest BCUT2D eigenvalue weighted by molar-refractivity contribution is 5.94. The summed E-state index contributed by atoms with van der Waals surface area (Å²) in [6.07, 6.45) is 8.49. The van der Waals surface area contributed by atoms with Gasteiger partial charge in [-0.05, 0) is 63.0 Å². The number of hydrogen-bond acceptors (Lipinski definition) is 7. The molecule has 12 heteroatoms. The molecule has 0 spiro atoms. The van der Waals surface area contributed by atoms with Crippen molar-refractivity contribution in [2.45, 2.75) is 102 Å². The van der Waals surface area contributed by atoms with Gasteiger partial charge >= 0.3 is 0 Å². The monoisotopic (exact) mass is 600 g/mol. The van der Waals surface area contributed by atoms with Crippen molar-refractivity contribution in [3.8, 4) is 0 Å². The zero-order valence-electron chi connectivity index (χ0n) is 25.3. The molecule has 3 amide bonds. The standard InChI is InChI=1S/C31H52N8O4/c32-16-8-7-14-26(28(34)41)39-29(42)23(18-21-10-3-1-4-11-21)20-27(40)25(15-9-17-37-31(35)36)38-30(43)24(33)19-22-12-5-2-6-13-22/h2,5-6,12-13,21,23-26H,1,3-4,7-11,14-20,32-33H2,(H2,34,41)(H,38,43)(H,39,42)(H4,35,36,37)/t23-,24+,25-,26+/m1/s1. The van der Waals surface area contributed by atoms with Gasteiger partial charge in [0.05, 0.1) is 12.1 Å². The lowest BCUT2D eigenvalue weighted by molar-refractivity contribution is -0.134. The molecule has 2 rings (SSSR count). The number of unbranched alkanes of at least 4 members (excludes halogenated alkanes) is 1. The topological polar surface area (TPSA) is 235 Å². The van der Waals surface area contributed by atoms with Gasteiger partial charge < -0.3 is 39.3 Å². The second kappa shape index (κ2) is 19.6. The predicted molar refractivity (Wildman–Crippen MR) is 168 cm³/mol. The van der Waals surface area contributed by atoms with Crippen molar-refractivity contribution in [2.24, 2.45) is 45.5 Å². The van der Waals surface area contributed by atoms with E-state index in [0.717, 1.165) is 37.7 Å². The zero-order valence-corrected chi connectivity index (χ0v) is 25.3. The van der Waals surface area contributed by atoms with Crippen LogP contribution in [0.4, 0.5) is 0 Å². The Morgan fingerprint density at radius 3 is 2.14 bits per heavy atom. The molecule has 1 aliphatic carbocycles. The highest BCUT2D eigenvalue weighted by atomic mass is 16.2. The fraction of sp³-hybridized carbons (Fsp3) is 0.645. The first-order valence-electron chi connectivity index (χ1n) is 15.6. The van der Waals surface area contributed by atoms with Crippen LogP contribution in [0.25, 0.3) is 0 Å². The van der Waals surface area contributed by atoms with E-state index in [1.54, 1.807) is 0 Å². The summed E-state index contributed by atoms with van der Waals surface area (Å²) in [5.74, 6) is -2.15. The average Bonchev–Trinajstić information content (AvgIpc) is 2.98. The Balaban J connectivity index is 2.18. The van der Waals surface area contributed by atoms with E-state index >= 15 is 0 Å². The number of aliphatic imine (C=N–C) groups is 1. The molecule has 1 aromatic carbocycles. The molecule has 240 valence electrons. The normalized spacial score (nSPS) is 16.3. The number of primary amides is 1. The molecule has 1 saturated carbocycles. The molecule has 4 atom stereocenters. The molecule has 1 fully saturated rings. The molecule has 43 heavy (non-hydrogen) atoms. The smallest absolute Gasteiger partial charge is 0.239 e. The molecule has 1 aliphatic rings. The molecule has 0 bridgehead atoms. The summed E-state index contributed by atoms with van der Waals surface area (Å²) in [6.45, 7) is 0.761. The van der Waals surface area contributed by atoms with Crippen molar-refractivity contribution in [2.75, 3.05) is 13.1 Å². The number of rotatable bonds is 20. The van der Waals surface area contributed by atoms with E-state index < -0.39 is 35.9 Å². The Kier molecular flexibility index (Phi) is 16.3. The van der Waals surface area contributed by atoms with Gasteiger partial charge in [0.25, 0.3) is 0 Å². The van der Waals surface area contributed by atoms with Crippen molar-refractivity contribution in [1.29, 1.82) is 0 Å². The van der Waals surface area contributed by atoms with Crippen LogP contribution in [0.3, 0.4) is 0 Å². The van der Waals surface area contributed by atoms with Crippen molar-refractivity contribution >= 4 is 29.5 Å². The Hall–Kier alpha value is -3.51. The van der Waals surface area contributed by atoms with Crippen LogP contribution in [0.15, 0.2) is 35.3 Å². The van der Waals surface area contributed by atoms with Crippen molar-refractivity contribution in [3.63, 3.8) is 0 Å². The van der Waals surface area contributed by atoms with E-state index in [9.17, 15) is 19.2 Å². The maximum Gasteiger partial charge on any atom is 0.239 e. The fourth-order valence-corrected chi connectivity index (χ4v) is 5.62. The summed E-state index contributed by atoms with van der Waals surface area (Å²) in [5, 5.41) is 5.63. The molecule has 0 radical (unpaired) electrons. The number of ketones is 1. The van der Waals surface area contributed by atoms with E-state index in [0.29, 0.717) is 51.0 Å². The highest BCUT2D eigenvalue weighted by Crippen LogP contribution is 2.31. The van der Waals surface area contributed by atoms with Gasteiger partial charge in [0.2, 0.25) is 17.7 Å². The Morgan fingerprint density at radius 1 is 0.860 bits per heavy atom. The van der Waals surface area contributed by atoms with Crippen LogP contribution in [0.5, 0.6) is 0 Å². The zero-order chi connectivity index (χ0) is 31.6. The lowest BCUT2D eigenvalue weighted by Crippen LogP contribution is -2.50. The molecule has 0 aromatic heterocycles. The number of nitrogens with one attached hydrogen (secondary N) is 2. The maximum atomic E-state index is 13.7. The number of carbonyl (C=O) groups excluding carboxylic acids is 4. The largest absolute Gasteiger partial charge is 0.370 e. The third kappa shape index (κ3) is 14.0. The van der Waals surface area contributed by atoms with Crippen LogP contribution in [-0.4, -0.2) is 60.7 Å². The Labute approximate surface area is 255 Å². The summed E-state index contributed by atoms with van der Waals surface area (Å²) in [5.41, 5.74) is 29.2. The molecule has 0 unspecified atom stereocenters. The van der Waals surface area contributed by atoms with Gasteiger partial charge in [0.15, 0.2) is 11.7 Å². The van der Waals surface area contributed by atoms with Crippen LogP contribution in [0, 0.1) is 11.8 Å². The van der Waals surface area contributed by atoms with Gasteiger partial charge in [-0.1, -0.05) is 62.4 Å². The lowest BCUT2D eigenvalue weighted by Gasteiger charge is -2.28. The van der Waals surface area contributed by atoms with E-state index in [2.05, 4.69) is 15.6 Å². The van der Waals surface area contributed by atoms with Crippen molar-refractivity contribution in [1.82, 2.24) is 10.6 Å². The van der Waals surface area contributed by atoms with Gasteiger partial charge in [-0.3, -0.25) is 24.2 Å². The average molecular weight is 601 g/mol. The van der Waals surface area contributed by atoms with Crippen LogP contribution < -0.4 is 39.3 Å². The summed E-state index contributed by atoms with van der Waals surface area (Å²) >= 11 is 0. The first-order valence-corrected chi connectivity index (χ1v) is 15.6. The molecule has 12 nitrogen and oxygen atoms in total. The number of carbonyl (C=O) groups is 4. The number of amides is 3. The first kappa shape index (κ1) is 35.7. The Morgan fingerprint density at radius 2 is 1.51 bits per heavy atom. The Bertz CT molecular complexity index is 1040. The van der Waals surface area contributed by atoms with E-state index in [-0.39, 0.29) is 37.0 Å². The second-order valence-electron chi connectivity index (χ2n) is 11.7. The predicted octanol–water partition coefficient (Wildman–Crippen LogP) is 0.740. The second-order valence-corrected chi connectivity index (χ2v) is 11.7. The summed E-state index contributed by atoms with van der Waals surface area (Å²) in [4.78, 5) is 56.5. The molecule has 0 heterocycles. The molecular formula is C31H52N8O4. The fourth-order valence-electron chi connectivity index (χ4n) is 5.62. The van der Waals surface area contributed by atoms with Crippen LogP contribution in [0.2, 0.25) is 0 Å². The minimum Gasteiger partial charge on any atom is -0.370 e. The molecule has 12 N–H and O–H groups in total. The quantitative estimate of drug-likeness (QED) is 0.0638. The molecule has 0 aliphatic heterocycles. The third-order valence-corrected chi connectivity index (χ3v) is 8.05. The first-order chi connectivity index (χ1) is 20.6. The number of Topliss-reactive ketones (excluding diaryl/α,β-unsaturated/α-hetero) is 1. The van der Waals surface area contributed by atoms with E-state index in [1.165, 1.54) is 0 Å². The number of guanidine groups is 1. The van der Waals surface area contributed by atoms with Crippen molar-refractivity contribution in [3.05, 3.63) is 35.9 Å². The minimum absolute atomic E-state index is 0.0588. The van der Waals surface area contributed by atoms with Gasteiger partial charge in [-0.2, -0.15) is 0 Å². The molecule has 1 aromatic rings. The van der Waals surface area contributed by atoms with Gasteiger partial charge in [-0.25, -0.2) is 0 Å². The maximum absolute atomic E-state index is 13.7.